The molecule has 0 fully saturated rings. The highest BCUT2D eigenvalue weighted by Gasteiger charge is 1.99. The SMILES string of the molecule is Cc1ccc(Cl)c(NCCC/C(N)=N/O)c1. The Morgan fingerprint density at radius 2 is 2.31 bits per heavy atom. The number of hydrogen-bond donors (Lipinski definition) is 3. The van der Waals surface area contributed by atoms with E-state index in [2.05, 4.69) is 10.5 Å². The van der Waals surface area contributed by atoms with Crippen LogP contribution >= 0.6 is 11.6 Å². The van der Waals surface area contributed by atoms with Gasteiger partial charge in [0.05, 0.1) is 10.7 Å². The summed E-state index contributed by atoms with van der Waals surface area (Å²) >= 11 is 6.01. The molecule has 1 rings (SSSR count). The highest BCUT2D eigenvalue weighted by molar-refractivity contribution is 6.33. The van der Waals surface area contributed by atoms with Crippen molar-refractivity contribution in [3.05, 3.63) is 28.8 Å². The summed E-state index contributed by atoms with van der Waals surface area (Å²) in [5, 5.41) is 15.2. The van der Waals surface area contributed by atoms with Crippen LogP contribution < -0.4 is 11.1 Å². The van der Waals surface area contributed by atoms with Crippen LogP contribution in [0.4, 0.5) is 5.69 Å². The van der Waals surface area contributed by atoms with Gasteiger partial charge < -0.3 is 16.3 Å². The normalized spacial score (nSPS) is 11.5. The molecule has 0 saturated heterocycles. The van der Waals surface area contributed by atoms with Crippen LogP contribution in [-0.2, 0) is 0 Å². The number of amidine groups is 1. The molecule has 0 aliphatic rings. The van der Waals surface area contributed by atoms with Crippen molar-refractivity contribution in [1.82, 2.24) is 0 Å². The number of nitrogens with zero attached hydrogens (tertiary/aromatic N) is 1. The number of rotatable bonds is 5. The molecule has 0 radical (unpaired) electrons. The highest BCUT2D eigenvalue weighted by atomic mass is 35.5. The van der Waals surface area contributed by atoms with E-state index < -0.39 is 0 Å². The van der Waals surface area contributed by atoms with Crippen molar-refractivity contribution in [2.45, 2.75) is 19.8 Å². The fourth-order valence-electron chi connectivity index (χ4n) is 1.32. The van der Waals surface area contributed by atoms with Crippen molar-refractivity contribution >= 4 is 23.1 Å². The fourth-order valence-corrected chi connectivity index (χ4v) is 1.50. The van der Waals surface area contributed by atoms with E-state index in [0.29, 0.717) is 11.4 Å². The average Bonchev–Trinajstić information content (AvgIpc) is 2.28. The van der Waals surface area contributed by atoms with Gasteiger partial charge in [0.25, 0.3) is 0 Å². The number of nitrogens with one attached hydrogen (secondary N) is 1. The van der Waals surface area contributed by atoms with E-state index in [-0.39, 0.29) is 5.84 Å². The van der Waals surface area contributed by atoms with Gasteiger partial charge in [0.15, 0.2) is 0 Å². The maximum absolute atomic E-state index is 8.35. The Morgan fingerprint density at radius 1 is 1.56 bits per heavy atom. The third-order valence-corrected chi connectivity index (χ3v) is 2.51. The number of halogens is 1. The van der Waals surface area contributed by atoms with E-state index in [4.69, 9.17) is 22.5 Å². The van der Waals surface area contributed by atoms with Crippen LogP contribution in [-0.4, -0.2) is 17.6 Å². The number of benzene rings is 1. The Balaban J connectivity index is 2.40. The first-order valence-corrected chi connectivity index (χ1v) is 5.47. The summed E-state index contributed by atoms with van der Waals surface area (Å²) < 4.78 is 0. The van der Waals surface area contributed by atoms with Crippen molar-refractivity contribution < 1.29 is 5.21 Å². The molecule has 1 aromatic rings. The third kappa shape index (κ3) is 3.98. The van der Waals surface area contributed by atoms with Gasteiger partial charge in [-0.3, -0.25) is 0 Å². The molecule has 0 unspecified atom stereocenters. The number of oxime groups is 1. The van der Waals surface area contributed by atoms with Gasteiger partial charge in [-0.1, -0.05) is 22.8 Å². The van der Waals surface area contributed by atoms with Crippen molar-refractivity contribution in [3.8, 4) is 0 Å². The Morgan fingerprint density at radius 3 is 3.00 bits per heavy atom. The average molecular weight is 242 g/mol. The van der Waals surface area contributed by atoms with E-state index in [1.54, 1.807) is 0 Å². The molecule has 0 aromatic heterocycles. The maximum atomic E-state index is 8.35. The van der Waals surface area contributed by atoms with Crippen molar-refractivity contribution in [1.29, 1.82) is 0 Å². The predicted molar refractivity (Wildman–Crippen MR) is 67.3 cm³/mol. The molecule has 4 N–H and O–H groups in total. The Bertz CT molecular complexity index is 379. The molecule has 88 valence electrons. The summed E-state index contributed by atoms with van der Waals surface area (Å²) in [4.78, 5) is 0. The molecule has 0 atom stereocenters. The molecule has 0 heterocycles. The molecule has 0 aliphatic heterocycles. The molecule has 4 nitrogen and oxygen atoms in total. The van der Waals surface area contributed by atoms with Gasteiger partial charge in [-0.2, -0.15) is 0 Å². The second kappa shape index (κ2) is 6.23. The molecular weight excluding hydrogens is 226 g/mol. The van der Waals surface area contributed by atoms with Gasteiger partial charge in [0.1, 0.15) is 5.84 Å². The summed E-state index contributed by atoms with van der Waals surface area (Å²) in [5.74, 6) is 0.247. The third-order valence-electron chi connectivity index (χ3n) is 2.18. The van der Waals surface area contributed by atoms with E-state index in [0.717, 1.165) is 24.2 Å². The molecule has 1 aromatic carbocycles. The second-order valence-electron chi connectivity index (χ2n) is 3.60. The lowest BCUT2D eigenvalue weighted by Crippen LogP contribution is -2.13. The number of anilines is 1. The lowest BCUT2D eigenvalue weighted by Gasteiger charge is -2.08. The van der Waals surface area contributed by atoms with Gasteiger partial charge in [-0.15, -0.1) is 0 Å². The van der Waals surface area contributed by atoms with E-state index >= 15 is 0 Å². The van der Waals surface area contributed by atoms with Crippen LogP contribution in [0.25, 0.3) is 0 Å². The van der Waals surface area contributed by atoms with E-state index in [9.17, 15) is 0 Å². The fraction of sp³-hybridized carbons (Fsp3) is 0.364. The lowest BCUT2D eigenvalue weighted by atomic mass is 10.2. The Kier molecular flexibility index (Phi) is 4.92. The van der Waals surface area contributed by atoms with Gasteiger partial charge in [-0.25, -0.2) is 0 Å². The van der Waals surface area contributed by atoms with E-state index in [1.165, 1.54) is 0 Å². The van der Waals surface area contributed by atoms with Gasteiger partial charge in [0, 0.05) is 13.0 Å². The van der Waals surface area contributed by atoms with Crippen LogP contribution in [0.2, 0.25) is 5.02 Å². The van der Waals surface area contributed by atoms with Crippen LogP contribution in [0.5, 0.6) is 0 Å². The number of nitrogens with two attached hydrogens (primary N) is 1. The lowest BCUT2D eigenvalue weighted by molar-refractivity contribution is 0.316. The van der Waals surface area contributed by atoms with Crippen LogP contribution in [0.1, 0.15) is 18.4 Å². The minimum Gasteiger partial charge on any atom is -0.409 e. The minimum atomic E-state index is 0.247. The number of hydrogen-bond acceptors (Lipinski definition) is 3. The van der Waals surface area contributed by atoms with Crippen LogP contribution in [0, 0.1) is 6.92 Å². The topological polar surface area (TPSA) is 70.6 Å². The Hall–Kier alpha value is -1.42. The smallest absolute Gasteiger partial charge is 0.139 e. The minimum absolute atomic E-state index is 0.247. The van der Waals surface area contributed by atoms with Crippen LogP contribution in [0.15, 0.2) is 23.4 Å². The van der Waals surface area contributed by atoms with Crippen molar-refractivity contribution in [3.63, 3.8) is 0 Å². The van der Waals surface area contributed by atoms with Gasteiger partial charge >= 0.3 is 0 Å². The summed E-state index contributed by atoms with van der Waals surface area (Å²) in [7, 11) is 0. The molecule has 0 amide bonds. The zero-order valence-corrected chi connectivity index (χ0v) is 9.96. The highest BCUT2D eigenvalue weighted by Crippen LogP contribution is 2.22. The molecule has 0 saturated carbocycles. The Labute approximate surface area is 100 Å². The number of aryl methyl sites for hydroxylation is 1. The van der Waals surface area contributed by atoms with Crippen molar-refractivity contribution in [2.24, 2.45) is 10.9 Å². The molecule has 5 heteroatoms. The molecule has 0 spiro atoms. The first kappa shape index (κ1) is 12.6. The summed E-state index contributed by atoms with van der Waals surface area (Å²) in [5.41, 5.74) is 7.43. The maximum Gasteiger partial charge on any atom is 0.139 e. The molecular formula is C11H16ClN3O. The van der Waals surface area contributed by atoms with Crippen molar-refractivity contribution in [2.75, 3.05) is 11.9 Å². The largest absolute Gasteiger partial charge is 0.409 e. The first-order chi connectivity index (χ1) is 7.63. The quantitative estimate of drug-likeness (QED) is 0.244. The monoisotopic (exact) mass is 241 g/mol. The van der Waals surface area contributed by atoms with Crippen LogP contribution in [0.3, 0.4) is 0 Å². The molecule has 0 bridgehead atoms. The summed E-state index contributed by atoms with van der Waals surface area (Å²) in [6.45, 7) is 2.75. The summed E-state index contributed by atoms with van der Waals surface area (Å²) in [6.07, 6.45) is 1.35. The standard InChI is InChI=1S/C11H16ClN3O/c1-8-4-5-9(12)10(7-8)14-6-2-3-11(13)15-16/h4-5,7,14,16H,2-3,6H2,1H3,(H2,13,15). The molecule has 16 heavy (non-hydrogen) atoms. The van der Waals surface area contributed by atoms with Gasteiger partial charge in [-0.05, 0) is 31.0 Å². The predicted octanol–water partition coefficient (Wildman–Crippen LogP) is 2.59. The van der Waals surface area contributed by atoms with E-state index in [1.807, 2.05) is 25.1 Å². The first-order valence-electron chi connectivity index (χ1n) is 5.10. The second-order valence-corrected chi connectivity index (χ2v) is 4.01. The zero-order chi connectivity index (χ0) is 12.0. The summed E-state index contributed by atoms with van der Waals surface area (Å²) in [6, 6.07) is 5.82. The zero-order valence-electron chi connectivity index (χ0n) is 9.20. The van der Waals surface area contributed by atoms with Gasteiger partial charge in [0.2, 0.25) is 0 Å². The molecule has 0 aliphatic carbocycles.